The molecule has 5 heteroatoms. The van der Waals surface area contributed by atoms with Crippen molar-refractivity contribution in [2.45, 2.75) is 19.4 Å². The van der Waals surface area contributed by atoms with Crippen LogP contribution in [0.5, 0.6) is 11.5 Å². The lowest BCUT2D eigenvalue weighted by molar-refractivity contribution is -0.123. The number of benzene rings is 2. The van der Waals surface area contributed by atoms with E-state index in [1.165, 1.54) is 12.1 Å². The van der Waals surface area contributed by atoms with Crippen LogP contribution in [0.4, 0.5) is 4.39 Å². The van der Waals surface area contributed by atoms with Crippen molar-refractivity contribution in [1.29, 1.82) is 0 Å². The van der Waals surface area contributed by atoms with E-state index in [4.69, 9.17) is 9.47 Å². The van der Waals surface area contributed by atoms with E-state index < -0.39 is 5.82 Å². The Hall–Kier alpha value is -2.56. The van der Waals surface area contributed by atoms with Gasteiger partial charge in [-0.15, -0.1) is 0 Å². The highest BCUT2D eigenvalue weighted by Gasteiger charge is 2.14. The maximum absolute atomic E-state index is 13.4. The van der Waals surface area contributed by atoms with Gasteiger partial charge in [-0.05, 0) is 36.2 Å². The topological polar surface area (TPSA) is 47.6 Å². The summed E-state index contributed by atoms with van der Waals surface area (Å²) in [4.78, 5) is 12.0. The summed E-state index contributed by atoms with van der Waals surface area (Å²) in [5, 5.41) is 2.88. The Morgan fingerprint density at radius 2 is 1.87 bits per heavy atom. The molecule has 0 aliphatic rings. The molecule has 0 aromatic heterocycles. The fraction of sp³-hybridized carbons (Fsp3) is 0.278. The first-order valence-electron chi connectivity index (χ1n) is 7.44. The standard InChI is InChI=1S/C18H20FNO3/c1-3-16(13-8-10-14(22-2)11-9-13)20-18(21)12-23-17-7-5-4-6-15(17)19/h4-11,16H,3,12H2,1-2H3,(H,20,21)/t16-/m0/s1. The van der Waals surface area contributed by atoms with Gasteiger partial charge < -0.3 is 14.8 Å². The molecule has 4 nitrogen and oxygen atoms in total. The summed E-state index contributed by atoms with van der Waals surface area (Å²) in [5.74, 6) is 0.0522. The number of methoxy groups -OCH3 is 1. The lowest BCUT2D eigenvalue weighted by Gasteiger charge is -2.18. The monoisotopic (exact) mass is 317 g/mol. The molecular weight excluding hydrogens is 297 g/mol. The molecule has 0 spiro atoms. The van der Waals surface area contributed by atoms with Gasteiger partial charge in [0.25, 0.3) is 5.91 Å². The zero-order valence-corrected chi connectivity index (χ0v) is 13.2. The number of ether oxygens (including phenoxy) is 2. The largest absolute Gasteiger partial charge is 0.497 e. The highest BCUT2D eigenvalue weighted by Crippen LogP contribution is 2.20. The number of para-hydroxylation sites is 1. The van der Waals surface area contributed by atoms with Crippen molar-refractivity contribution < 1.29 is 18.7 Å². The summed E-state index contributed by atoms with van der Waals surface area (Å²) >= 11 is 0. The number of halogens is 1. The summed E-state index contributed by atoms with van der Waals surface area (Å²) in [6.07, 6.45) is 0.734. The summed E-state index contributed by atoms with van der Waals surface area (Å²) in [6, 6.07) is 13.4. The molecule has 1 N–H and O–H groups in total. The lowest BCUT2D eigenvalue weighted by Crippen LogP contribution is -2.32. The molecule has 0 fully saturated rings. The van der Waals surface area contributed by atoms with Crippen LogP contribution in [-0.4, -0.2) is 19.6 Å². The van der Waals surface area contributed by atoms with Gasteiger partial charge in [0.05, 0.1) is 13.2 Å². The van der Waals surface area contributed by atoms with E-state index in [0.717, 1.165) is 17.7 Å². The van der Waals surface area contributed by atoms with Crippen molar-refractivity contribution in [3.63, 3.8) is 0 Å². The molecule has 0 bridgehead atoms. The van der Waals surface area contributed by atoms with Gasteiger partial charge in [0, 0.05) is 0 Å². The molecule has 1 atom stereocenters. The molecule has 0 radical (unpaired) electrons. The Balaban J connectivity index is 1.92. The number of amides is 1. The van der Waals surface area contributed by atoms with Crippen LogP contribution in [0.1, 0.15) is 24.9 Å². The van der Waals surface area contributed by atoms with E-state index in [0.29, 0.717) is 0 Å². The van der Waals surface area contributed by atoms with Crippen LogP contribution < -0.4 is 14.8 Å². The van der Waals surface area contributed by atoms with Crippen LogP contribution in [0.2, 0.25) is 0 Å². The van der Waals surface area contributed by atoms with Crippen LogP contribution in [0.25, 0.3) is 0 Å². The van der Waals surface area contributed by atoms with Gasteiger partial charge in [-0.3, -0.25) is 4.79 Å². The van der Waals surface area contributed by atoms with Crippen molar-refractivity contribution in [2.75, 3.05) is 13.7 Å². The SMILES string of the molecule is CC[C@H](NC(=O)COc1ccccc1F)c1ccc(OC)cc1. The molecule has 0 saturated carbocycles. The molecule has 0 unspecified atom stereocenters. The van der Waals surface area contributed by atoms with Gasteiger partial charge in [0.15, 0.2) is 18.2 Å². The highest BCUT2D eigenvalue weighted by molar-refractivity contribution is 5.78. The van der Waals surface area contributed by atoms with E-state index in [-0.39, 0.29) is 24.3 Å². The minimum absolute atomic E-state index is 0.0696. The number of carbonyl (C=O) groups is 1. The number of rotatable bonds is 7. The third-order valence-electron chi connectivity index (χ3n) is 3.46. The van der Waals surface area contributed by atoms with E-state index >= 15 is 0 Å². The average molecular weight is 317 g/mol. The van der Waals surface area contributed by atoms with Crippen LogP contribution in [0.15, 0.2) is 48.5 Å². The predicted octanol–water partition coefficient (Wildman–Crippen LogP) is 3.48. The first kappa shape index (κ1) is 16.8. The molecule has 2 aromatic carbocycles. The molecule has 122 valence electrons. The normalized spacial score (nSPS) is 11.6. The minimum atomic E-state index is -0.484. The molecule has 2 rings (SSSR count). The quantitative estimate of drug-likeness (QED) is 0.850. The number of hydrogen-bond donors (Lipinski definition) is 1. The molecule has 23 heavy (non-hydrogen) atoms. The van der Waals surface area contributed by atoms with Gasteiger partial charge in [0.2, 0.25) is 0 Å². The first-order chi connectivity index (χ1) is 11.1. The maximum atomic E-state index is 13.4. The maximum Gasteiger partial charge on any atom is 0.258 e. The van der Waals surface area contributed by atoms with Gasteiger partial charge in [0.1, 0.15) is 5.75 Å². The Labute approximate surface area is 135 Å². The van der Waals surface area contributed by atoms with Crippen molar-refractivity contribution in [2.24, 2.45) is 0 Å². The zero-order valence-electron chi connectivity index (χ0n) is 13.2. The van der Waals surface area contributed by atoms with Crippen LogP contribution in [0, 0.1) is 5.82 Å². The molecule has 0 saturated heterocycles. The third-order valence-corrected chi connectivity index (χ3v) is 3.46. The van der Waals surface area contributed by atoms with Gasteiger partial charge in [-0.2, -0.15) is 0 Å². The Morgan fingerprint density at radius 1 is 1.17 bits per heavy atom. The summed E-state index contributed by atoms with van der Waals surface area (Å²) < 4.78 is 23.8. The second kappa shape index (κ2) is 8.17. The average Bonchev–Trinajstić information content (AvgIpc) is 2.59. The molecular formula is C18H20FNO3. The van der Waals surface area contributed by atoms with Crippen molar-refractivity contribution in [3.8, 4) is 11.5 Å². The number of hydrogen-bond acceptors (Lipinski definition) is 3. The van der Waals surface area contributed by atoms with E-state index in [9.17, 15) is 9.18 Å². The highest BCUT2D eigenvalue weighted by atomic mass is 19.1. The molecule has 1 amide bonds. The van der Waals surface area contributed by atoms with Crippen LogP contribution in [-0.2, 0) is 4.79 Å². The lowest BCUT2D eigenvalue weighted by atomic mass is 10.0. The zero-order chi connectivity index (χ0) is 16.7. The van der Waals surface area contributed by atoms with E-state index in [1.807, 2.05) is 31.2 Å². The molecule has 2 aromatic rings. The second-order valence-corrected chi connectivity index (χ2v) is 5.02. The van der Waals surface area contributed by atoms with Gasteiger partial charge in [-0.25, -0.2) is 4.39 Å². The molecule has 0 aliphatic carbocycles. The minimum Gasteiger partial charge on any atom is -0.497 e. The Morgan fingerprint density at radius 3 is 2.48 bits per heavy atom. The number of nitrogens with one attached hydrogen (secondary N) is 1. The smallest absolute Gasteiger partial charge is 0.258 e. The number of carbonyl (C=O) groups excluding carboxylic acids is 1. The first-order valence-corrected chi connectivity index (χ1v) is 7.44. The van der Waals surface area contributed by atoms with Crippen molar-refractivity contribution in [1.82, 2.24) is 5.32 Å². The molecule has 0 heterocycles. The van der Waals surface area contributed by atoms with E-state index in [2.05, 4.69) is 5.32 Å². The van der Waals surface area contributed by atoms with Crippen LogP contribution in [0.3, 0.4) is 0 Å². The second-order valence-electron chi connectivity index (χ2n) is 5.02. The fourth-order valence-electron chi connectivity index (χ4n) is 2.20. The molecule has 0 aliphatic heterocycles. The van der Waals surface area contributed by atoms with Gasteiger partial charge in [-0.1, -0.05) is 31.2 Å². The summed E-state index contributed by atoms with van der Waals surface area (Å²) in [5.41, 5.74) is 0.979. The summed E-state index contributed by atoms with van der Waals surface area (Å²) in [7, 11) is 1.61. The Kier molecular flexibility index (Phi) is 5.97. The fourth-order valence-corrected chi connectivity index (χ4v) is 2.20. The van der Waals surface area contributed by atoms with Crippen LogP contribution >= 0.6 is 0 Å². The third kappa shape index (κ3) is 4.71. The predicted molar refractivity (Wildman–Crippen MR) is 86.1 cm³/mol. The Bertz CT molecular complexity index is 643. The van der Waals surface area contributed by atoms with Crippen molar-refractivity contribution in [3.05, 3.63) is 59.9 Å². The van der Waals surface area contributed by atoms with Gasteiger partial charge >= 0.3 is 0 Å². The summed E-state index contributed by atoms with van der Waals surface area (Å²) in [6.45, 7) is 1.75. The van der Waals surface area contributed by atoms with E-state index in [1.54, 1.807) is 19.2 Å². The van der Waals surface area contributed by atoms with Crippen molar-refractivity contribution >= 4 is 5.91 Å².